The van der Waals surface area contributed by atoms with Crippen LogP contribution in [0.3, 0.4) is 0 Å². The summed E-state index contributed by atoms with van der Waals surface area (Å²) in [7, 11) is 0. The van der Waals surface area contributed by atoms with E-state index in [1.54, 1.807) is 142 Å². The predicted octanol–water partition coefficient (Wildman–Crippen LogP) is 11.1. The Morgan fingerprint density at radius 3 is 1.50 bits per heavy atom. The molecule has 0 bridgehead atoms. The minimum atomic E-state index is -2.50. The molecule has 0 radical (unpaired) electrons. The normalized spacial score (nSPS) is 12.4. The second kappa shape index (κ2) is 30.9. The fraction of sp³-hybridized carbons (Fsp3) is 0.262. The Morgan fingerprint density at radius 1 is 0.545 bits per heavy atom. The summed E-state index contributed by atoms with van der Waals surface area (Å²) < 4.78 is 106. The maximum Gasteiger partial charge on any atom is 0.408 e. The smallest absolute Gasteiger partial charge is 0.408 e. The van der Waals surface area contributed by atoms with Gasteiger partial charge in [-0.15, -0.1) is 0 Å². The number of amides is 4. The Morgan fingerprint density at radius 2 is 1.00 bits per heavy atom. The van der Waals surface area contributed by atoms with Crippen molar-refractivity contribution in [2.45, 2.75) is 103 Å². The molecule has 0 unspecified atom stereocenters. The van der Waals surface area contributed by atoms with Crippen LogP contribution in [-0.2, 0) is 72.7 Å². The van der Waals surface area contributed by atoms with Gasteiger partial charge in [0.15, 0.2) is 0 Å². The molecule has 0 aliphatic carbocycles. The summed E-state index contributed by atoms with van der Waals surface area (Å²) in [5.41, 5.74) is 3.28. The van der Waals surface area contributed by atoms with Crippen molar-refractivity contribution in [1.82, 2.24) is 21.4 Å². The monoisotopic (exact) mass is 1220 g/mol. The van der Waals surface area contributed by atoms with Crippen LogP contribution in [-0.4, -0.2) is 71.1 Å². The molecule has 0 saturated carbocycles. The molecular formula is C65H63F5N4O14. The molecule has 0 aliphatic heterocycles. The zero-order chi connectivity index (χ0) is 63.4. The number of hydroxylamine groups is 1. The van der Waals surface area contributed by atoms with Crippen LogP contribution in [0.1, 0.15) is 73.9 Å². The van der Waals surface area contributed by atoms with Gasteiger partial charge in [0.2, 0.25) is 34.8 Å². The minimum Gasteiger partial charge on any atom is -0.489 e. The van der Waals surface area contributed by atoms with E-state index in [4.69, 9.17) is 33.3 Å². The van der Waals surface area contributed by atoms with E-state index in [0.29, 0.717) is 39.1 Å². The van der Waals surface area contributed by atoms with Gasteiger partial charge in [-0.1, -0.05) is 133 Å². The first kappa shape index (κ1) is 65.5. The molecular weight excluding hydrogens is 1160 g/mol. The number of aliphatic hydroxyl groups is 1. The molecule has 23 heteroatoms. The van der Waals surface area contributed by atoms with E-state index in [-0.39, 0.29) is 44.2 Å². The quantitative estimate of drug-likeness (QED) is 0.00681. The summed E-state index contributed by atoms with van der Waals surface area (Å²) in [6.45, 7) is 5.30. The van der Waals surface area contributed by atoms with Gasteiger partial charge in [0.1, 0.15) is 55.1 Å². The molecule has 0 saturated heterocycles. The summed E-state index contributed by atoms with van der Waals surface area (Å²) in [5, 5.41) is 18.1. The van der Waals surface area contributed by atoms with Gasteiger partial charge in [-0.3, -0.25) is 4.79 Å². The van der Waals surface area contributed by atoms with Gasteiger partial charge in [-0.2, -0.15) is 14.3 Å². The molecule has 0 aromatic heterocycles. The summed E-state index contributed by atoms with van der Waals surface area (Å²) in [4.78, 5) is 85.6. The number of benzene rings is 7. The second-order valence-electron chi connectivity index (χ2n) is 21.1. The molecule has 0 aliphatic rings. The van der Waals surface area contributed by atoms with Crippen molar-refractivity contribution >= 4 is 36.1 Å². The van der Waals surface area contributed by atoms with Crippen molar-refractivity contribution in [1.29, 1.82) is 0 Å². The Bertz CT molecular complexity index is 3520. The fourth-order valence-electron chi connectivity index (χ4n) is 8.54. The molecule has 88 heavy (non-hydrogen) atoms. The lowest BCUT2D eigenvalue weighted by Crippen LogP contribution is -2.59. The SMILES string of the molecule is CC(C)(C)OC(=O)N[C@@](C)(C[C@@H](O)CNC(=O)OCc1ccccc1)C(=O)NOC(=O)CCc1cc(-c2ccc(OCc3ccccc3)c(C[C@H](NC(=O)OCc3ccccc3)C(=O)Oc3c(F)c(F)c(F)c(F)c3F)c2)ccc1OCc1ccccc1. The van der Waals surface area contributed by atoms with Gasteiger partial charge >= 0.3 is 30.2 Å². The number of esters is 1. The molecule has 5 N–H and O–H groups in total. The number of ether oxygens (including phenoxy) is 6. The standard InChI is InChI=1S/C65H63F5N4O14/c1-64(2,3)87-63(81)73-65(4,34-48(75)35-71-61(79)84-38-42-21-13-7-14-22-42)60(78)74-88-52(76)30-27-46-31-44(25-28-50(46)82-36-40-17-9-5-10-18-40)45-26-29-51(83-37-41-19-11-6-12-20-41)47(32-45)33-49(72-62(80)85-39-43-23-15-8-16-24-43)59(77)86-58-56(69)54(67)53(66)55(68)57(58)70/h5-26,28-29,31-32,48-49,75H,27,30,33-39H2,1-4H3,(H,71,79)(H,72,80)(H,73,81)(H,74,78)/t48-,49+,65+/m1/s1. The van der Waals surface area contributed by atoms with E-state index in [1.807, 2.05) is 30.3 Å². The van der Waals surface area contributed by atoms with E-state index in [1.165, 1.54) is 13.0 Å². The second-order valence-corrected chi connectivity index (χ2v) is 21.1. The van der Waals surface area contributed by atoms with Crippen LogP contribution in [0.25, 0.3) is 11.1 Å². The summed E-state index contributed by atoms with van der Waals surface area (Å²) in [6.07, 6.45) is -6.20. The molecule has 462 valence electrons. The van der Waals surface area contributed by atoms with E-state index in [9.17, 15) is 55.8 Å². The number of hydrogen-bond donors (Lipinski definition) is 5. The third kappa shape index (κ3) is 19.5. The highest BCUT2D eigenvalue weighted by Gasteiger charge is 2.40. The minimum absolute atomic E-state index is 0.0274. The summed E-state index contributed by atoms with van der Waals surface area (Å²) in [6, 6.07) is 43.0. The number of halogens is 5. The van der Waals surface area contributed by atoms with Crippen molar-refractivity contribution in [3.05, 3.63) is 220 Å². The van der Waals surface area contributed by atoms with Crippen molar-refractivity contribution in [2.24, 2.45) is 0 Å². The third-order valence-electron chi connectivity index (χ3n) is 13.0. The molecule has 0 spiro atoms. The Hall–Kier alpha value is -10.0. The topological polar surface area (TPSA) is 235 Å². The van der Waals surface area contributed by atoms with Crippen LogP contribution in [0.5, 0.6) is 17.2 Å². The van der Waals surface area contributed by atoms with E-state index in [2.05, 4.69) is 21.4 Å². The number of rotatable bonds is 25. The van der Waals surface area contributed by atoms with Crippen LogP contribution in [0.2, 0.25) is 0 Å². The van der Waals surface area contributed by atoms with Gasteiger partial charge in [-0.05, 0) is 103 Å². The lowest BCUT2D eigenvalue weighted by atomic mass is 9.93. The fourth-order valence-corrected chi connectivity index (χ4v) is 8.54. The number of hydrogen-bond acceptors (Lipinski definition) is 14. The number of carbonyl (C=O) groups excluding carboxylic acids is 6. The Balaban J connectivity index is 1.14. The zero-order valence-corrected chi connectivity index (χ0v) is 48.2. The number of aryl methyl sites for hydroxylation is 1. The Labute approximate surface area is 503 Å². The third-order valence-corrected chi connectivity index (χ3v) is 13.0. The van der Waals surface area contributed by atoms with E-state index < -0.39 is 120 Å². The average molecular weight is 1220 g/mol. The van der Waals surface area contributed by atoms with Gasteiger partial charge in [0.25, 0.3) is 5.91 Å². The van der Waals surface area contributed by atoms with Crippen molar-refractivity contribution < 1.29 is 89.1 Å². The van der Waals surface area contributed by atoms with E-state index >= 15 is 0 Å². The molecule has 7 rings (SSSR count). The predicted molar refractivity (Wildman–Crippen MR) is 308 cm³/mol. The van der Waals surface area contributed by atoms with Crippen molar-refractivity contribution in [3.8, 4) is 28.4 Å². The van der Waals surface area contributed by atoms with Gasteiger partial charge in [-0.25, -0.2) is 37.1 Å². The molecule has 7 aromatic carbocycles. The molecule has 3 atom stereocenters. The molecule has 4 amide bonds. The Kier molecular flexibility index (Phi) is 23.0. The number of carbonyl (C=O) groups is 6. The van der Waals surface area contributed by atoms with Crippen molar-refractivity contribution in [3.63, 3.8) is 0 Å². The van der Waals surface area contributed by atoms with Crippen LogP contribution in [0, 0.1) is 29.1 Å². The maximum absolute atomic E-state index is 15.0. The lowest BCUT2D eigenvalue weighted by Gasteiger charge is -2.32. The molecule has 7 aromatic rings. The summed E-state index contributed by atoms with van der Waals surface area (Å²) >= 11 is 0. The van der Waals surface area contributed by atoms with Crippen LogP contribution < -0.4 is 35.6 Å². The lowest BCUT2D eigenvalue weighted by molar-refractivity contribution is -0.161. The largest absolute Gasteiger partial charge is 0.489 e. The highest BCUT2D eigenvalue weighted by atomic mass is 19.2. The van der Waals surface area contributed by atoms with Gasteiger partial charge in [0, 0.05) is 19.4 Å². The number of nitrogens with one attached hydrogen (secondary N) is 4. The first-order chi connectivity index (χ1) is 42.0. The first-order valence-electron chi connectivity index (χ1n) is 27.5. The summed E-state index contributed by atoms with van der Waals surface area (Å²) in [5.74, 6) is -17.3. The first-order valence-corrected chi connectivity index (χ1v) is 27.5. The number of aliphatic hydroxyl groups excluding tert-OH is 1. The zero-order valence-electron chi connectivity index (χ0n) is 48.2. The van der Waals surface area contributed by atoms with Gasteiger partial charge < -0.3 is 54.3 Å². The molecule has 0 heterocycles. The van der Waals surface area contributed by atoms with Crippen molar-refractivity contribution in [2.75, 3.05) is 6.54 Å². The van der Waals surface area contributed by atoms with Crippen LogP contribution in [0.4, 0.5) is 36.3 Å². The average Bonchev–Trinajstić information content (AvgIpc) is 3.24. The molecule has 18 nitrogen and oxygen atoms in total. The van der Waals surface area contributed by atoms with Gasteiger partial charge in [0.05, 0.1) is 12.5 Å². The van der Waals surface area contributed by atoms with Crippen LogP contribution in [0.15, 0.2) is 158 Å². The number of alkyl carbamates (subject to hydrolysis) is 3. The van der Waals surface area contributed by atoms with Crippen LogP contribution >= 0.6 is 0 Å². The highest BCUT2D eigenvalue weighted by molar-refractivity contribution is 5.90. The van der Waals surface area contributed by atoms with E-state index in [0.717, 1.165) is 5.56 Å². The highest BCUT2D eigenvalue weighted by Crippen LogP contribution is 2.34. The maximum atomic E-state index is 15.0. The molecule has 0 fully saturated rings.